The smallest absolute Gasteiger partial charge is 0.253 e. The molecule has 4 nitrogen and oxygen atoms in total. The monoisotopic (exact) mass is 294 g/mol. The highest BCUT2D eigenvalue weighted by Crippen LogP contribution is 2.08. The van der Waals surface area contributed by atoms with Gasteiger partial charge in [0, 0.05) is 38.8 Å². The van der Waals surface area contributed by atoms with E-state index < -0.39 is 0 Å². The molecule has 2 N–H and O–H groups in total. The Bertz CT molecular complexity index is 446. The Labute approximate surface area is 125 Å². The molecule has 0 aromatic heterocycles. The van der Waals surface area contributed by atoms with Crippen LogP contribution in [0.2, 0.25) is 0 Å². The van der Waals surface area contributed by atoms with Gasteiger partial charge in [0.25, 0.3) is 5.91 Å². The normalized spacial score (nSPS) is 10.3. The van der Waals surface area contributed by atoms with E-state index in [9.17, 15) is 4.79 Å². The molecule has 0 heterocycles. The van der Waals surface area contributed by atoms with Crippen molar-refractivity contribution in [1.29, 1.82) is 0 Å². The third-order valence-corrected chi connectivity index (χ3v) is 3.19. The third kappa shape index (κ3) is 5.67. The van der Waals surface area contributed by atoms with Crippen molar-refractivity contribution in [3.8, 4) is 0 Å². The summed E-state index contributed by atoms with van der Waals surface area (Å²) in [7, 11) is 1.65. The van der Waals surface area contributed by atoms with Crippen LogP contribution in [0, 0.1) is 6.92 Å². The Morgan fingerprint density at radius 2 is 1.95 bits per heavy atom. The van der Waals surface area contributed by atoms with Gasteiger partial charge in [-0.15, -0.1) is 0 Å². The van der Waals surface area contributed by atoms with Gasteiger partial charge in [0.15, 0.2) is 0 Å². The van der Waals surface area contributed by atoms with E-state index in [0.29, 0.717) is 36.7 Å². The Morgan fingerprint density at radius 3 is 2.50 bits per heavy atom. The number of nitrogens with zero attached hydrogens (tertiary/aromatic N) is 1. The predicted octanol–water partition coefficient (Wildman–Crippen LogP) is 2.15. The molecule has 1 aromatic carbocycles. The minimum atomic E-state index is 0.0114. The predicted molar refractivity (Wildman–Crippen MR) is 85.0 cm³/mol. The molecule has 5 heteroatoms. The van der Waals surface area contributed by atoms with Crippen LogP contribution in [0.3, 0.4) is 0 Å². The molecule has 20 heavy (non-hydrogen) atoms. The number of hydrogen-bond acceptors (Lipinski definition) is 3. The highest BCUT2D eigenvalue weighted by Gasteiger charge is 2.15. The first kappa shape index (κ1) is 16.6. The second-order valence-corrected chi connectivity index (χ2v) is 5.25. The number of aryl methyl sites for hydroxylation is 1. The summed E-state index contributed by atoms with van der Waals surface area (Å²) in [6, 6.07) is 7.58. The molecule has 0 saturated carbocycles. The number of thiocarbonyl (C=S) groups is 1. The minimum Gasteiger partial charge on any atom is -0.393 e. The fraction of sp³-hybridized carbons (Fsp3) is 0.467. The Kier molecular flexibility index (Phi) is 7.18. The summed E-state index contributed by atoms with van der Waals surface area (Å²) < 4.78 is 5.03. The van der Waals surface area contributed by atoms with Gasteiger partial charge in [0.2, 0.25) is 0 Å². The zero-order valence-corrected chi connectivity index (χ0v) is 12.9. The molecule has 110 valence electrons. The summed E-state index contributed by atoms with van der Waals surface area (Å²) in [5.74, 6) is 0.0114. The molecular weight excluding hydrogens is 272 g/mol. The maximum atomic E-state index is 12.5. The molecule has 0 unspecified atom stereocenters. The van der Waals surface area contributed by atoms with Gasteiger partial charge in [-0.3, -0.25) is 4.79 Å². The van der Waals surface area contributed by atoms with Gasteiger partial charge in [0.1, 0.15) is 0 Å². The maximum absolute atomic E-state index is 12.5. The van der Waals surface area contributed by atoms with Crippen LogP contribution in [0.1, 0.15) is 28.8 Å². The Morgan fingerprint density at radius 1 is 1.30 bits per heavy atom. The summed E-state index contributed by atoms with van der Waals surface area (Å²) in [5.41, 5.74) is 7.35. The van der Waals surface area contributed by atoms with Crippen molar-refractivity contribution in [3.63, 3.8) is 0 Å². The van der Waals surface area contributed by atoms with Gasteiger partial charge >= 0.3 is 0 Å². The molecular formula is C15H22N2O2S. The fourth-order valence-corrected chi connectivity index (χ4v) is 1.93. The van der Waals surface area contributed by atoms with Crippen molar-refractivity contribution in [2.75, 3.05) is 26.8 Å². The lowest BCUT2D eigenvalue weighted by atomic mass is 10.1. The van der Waals surface area contributed by atoms with Crippen molar-refractivity contribution in [2.45, 2.75) is 19.8 Å². The molecule has 0 spiro atoms. The first-order chi connectivity index (χ1) is 9.54. The van der Waals surface area contributed by atoms with Crippen LogP contribution in [0.15, 0.2) is 24.3 Å². The van der Waals surface area contributed by atoms with Gasteiger partial charge in [-0.25, -0.2) is 0 Å². The summed E-state index contributed by atoms with van der Waals surface area (Å²) in [4.78, 5) is 14.7. The van der Waals surface area contributed by atoms with Crippen LogP contribution in [0.5, 0.6) is 0 Å². The van der Waals surface area contributed by atoms with Crippen LogP contribution in [0.25, 0.3) is 0 Å². The van der Waals surface area contributed by atoms with Gasteiger partial charge < -0.3 is 15.4 Å². The van der Waals surface area contributed by atoms with Crippen molar-refractivity contribution in [3.05, 3.63) is 35.4 Å². The van der Waals surface area contributed by atoms with E-state index in [1.807, 2.05) is 31.2 Å². The second kappa shape index (κ2) is 8.66. The van der Waals surface area contributed by atoms with Crippen LogP contribution in [-0.4, -0.2) is 42.6 Å². The number of benzene rings is 1. The van der Waals surface area contributed by atoms with Crippen LogP contribution in [0.4, 0.5) is 0 Å². The summed E-state index contributed by atoms with van der Waals surface area (Å²) in [6.07, 6.45) is 1.34. The van der Waals surface area contributed by atoms with E-state index in [2.05, 4.69) is 0 Å². The molecule has 0 saturated heterocycles. The minimum absolute atomic E-state index is 0.0114. The van der Waals surface area contributed by atoms with Gasteiger partial charge in [-0.1, -0.05) is 29.9 Å². The highest BCUT2D eigenvalue weighted by atomic mass is 32.1. The molecule has 0 aliphatic heterocycles. The number of ether oxygens (including phenoxy) is 1. The number of hydrogen-bond donors (Lipinski definition) is 1. The number of rotatable bonds is 8. The zero-order valence-electron chi connectivity index (χ0n) is 12.1. The van der Waals surface area contributed by atoms with Crippen molar-refractivity contribution >= 4 is 23.1 Å². The van der Waals surface area contributed by atoms with E-state index in [0.717, 1.165) is 12.0 Å². The second-order valence-electron chi connectivity index (χ2n) is 4.72. The molecule has 0 radical (unpaired) electrons. The SMILES string of the molecule is COCCCN(CCC(N)=S)C(=O)c1ccc(C)cc1. The maximum Gasteiger partial charge on any atom is 0.253 e. The lowest BCUT2D eigenvalue weighted by Crippen LogP contribution is -2.35. The topological polar surface area (TPSA) is 55.6 Å². The third-order valence-electron chi connectivity index (χ3n) is 2.99. The fourth-order valence-electron chi connectivity index (χ4n) is 1.84. The van der Waals surface area contributed by atoms with Gasteiger partial charge in [-0.05, 0) is 25.5 Å². The number of nitrogens with two attached hydrogens (primary N) is 1. The molecule has 0 atom stereocenters. The van der Waals surface area contributed by atoms with Crippen LogP contribution < -0.4 is 5.73 Å². The first-order valence-electron chi connectivity index (χ1n) is 6.67. The molecule has 1 rings (SSSR count). The Hall–Kier alpha value is -1.46. The largest absolute Gasteiger partial charge is 0.393 e. The number of methoxy groups -OCH3 is 1. The lowest BCUT2D eigenvalue weighted by molar-refractivity contribution is 0.0742. The van der Waals surface area contributed by atoms with Crippen LogP contribution in [-0.2, 0) is 4.74 Å². The van der Waals surface area contributed by atoms with Gasteiger partial charge in [-0.2, -0.15) is 0 Å². The highest BCUT2D eigenvalue weighted by molar-refractivity contribution is 7.80. The molecule has 0 bridgehead atoms. The summed E-state index contributed by atoms with van der Waals surface area (Å²) in [5, 5.41) is 0. The standard InChI is InChI=1S/C15H22N2O2S/c1-12-4-6-13(7-5-12)15(18)17(9-3-11-19-2)10-8-14(16)20/h4-7H,3,8-11H2,1-2H3,(H2,16,20). The molecule has 0 aliphatic carbocycles. The molecule has 0 fully saturated rings. The van der Waals surface area contributed by atoms with Crippen molar-refractivity contribution in [1.82, 2.24) is 4.90 Å². The van der Waals surface area contributed by atoms with Gasteiger partial charge in [0.05, 0.1) is 4.99 Å². The van der Waals surface area contributed by atoms with Crippen molar-refractivity contribution in [2.24, 2.45) is 5.73 Å². The average molecular weight is 294 g/mol. The summed E-state index contributed by atoms with van der Waals surface area (Å²) >= 11 is 4.88. The number of carbonyl (C=O) groups excluding carboxylic acids is 1. The van der Waals surface area contributed by atoms with Crippen LogP contribution >= 0.6 is 12.2 Å². The lowest BCUT2D eigenvalue weighted by Gasteiger charge is -2.22. The van der Waals surface area contributed by atoms with E-state index in [4.69, 9.17) is 22.7 Å². The average Bonchev–Trinajstić information content (AvgIpc) is 2.42. The van der Waals surface area contributed by atoms with E-state index in [-0.39, 0.29) is 5.91 Å². The van der Waals surface area contributed by atoms with E-state index >= 15 is 0 Å². The Balaban J connectivity index is 2.71. The molecule has 1 aromatic rings. The molecule has 0 aliphatic rings. The van der Waals surface area contributed by atoms with Crippen molar-refractivity contribution < 1.29 is 9.53 Å². The van der Waals surface area contributed by atoms with E-state index in [1.165, 1.54) is 0 Å². The molecule has 1 amide bonds. The number of amides is 1. The number of carbonyl (C=O) groups is 1. The first-order valence-corrected chi connectivity index (χ1v) is 7.08. The summed E-state index contributed by atoms with van der Waals surface area (Å²) in [6.45, 7) is 3.82. The zero-order chi connectivity index (χ0) is 15.0. The quantitative estimate of drug-likeness (QED) is 0.589. The van der Waals surface area contributed by atoms with E-state index in [1.54, 1.807) is 12.0 Å².